The van der Waals surface area contributed by atoms with Crippen LogP contribution < -0.4 is 16.0 Å². The number of allylic oxidation sites excluding steroid dienone is 1. The number of thioether (sulfide) groups is 1. The minimum absolute atomic E-state index is 0.0727. The van der Waals surface area contributed by atoms with Crippen LogP contribution in [0.5, 0.6) is 0 Å². The number of ether oxygens (including phenoxy) is 1. The summed E-state index contributed by atoms with van der Waals surface area (Å²) in [6.07, 6.45) is 5.80. The largest absolute Gasteiger partial charge is 0.444 e. The summed E-state index contributed by atoms with van der Waals surface area (Å²) in [7, 11) is 0. The van der Waals surface area contributed by atoms with Crippen molar-refractivity contribution in [2.24, 2.45) is 17.8 Å². The van der Waals surface area contributed by atoms with Crippen molar-refractivity contribution in [2.75, 3.05) is 32.0 Å². The SMILES string of the molecule is CCCCNC(=O)[C@H](C)C[C@H](O)[C@H](CSCc1ccccc1)NC(=O)[C@H](C)NC(=O)[C@H]1CCN(C(=O)OC(C)(C)C)C[C@H]1CC/C=C/CO. The molecule has 1 aromatic carbocycles. The molecule has 1 fully saturated rings. The Morgan fingerprint density at radius 3 is 2.45 bits per heavy atom. The number of rotatable bonds is 19. The molecule has 2 rings (SSSR count). The molecule has 12 heteroatoms. The lowest BCUT2D eigenvalue weighted by Crippen LogP contribution is -2.55. The highest BCUT2D eigenvalue weighted by molar-refractivity contribution is 7.98. The van der Waals surface area contributed by atoms with Gasteiger partial charge in [-0.2, -0.15) is 11.8 Å². The van der Waals surface area contributed by atoms with Gasteiger partial charge in [-0.05, 0) is 71.3 Å². The average Bonchev–Trinajstić information content (AvgIpc) is 3.05. The molecule has 4 amide bonds. The summed E-state index contributed by atoms with van der Waals surface area (Å²) in [5.74, 6) is -0.760. The number of unbranched alkanes of at least 4 members (excludes halogenated alkanes) is 1. The zero-order chi connectivity index (χ0) is 36.4. The quantitative estimate of drug-likeness (QED) is 0.105. The van der Waals surface area contributed by atoms with Crippen LogP contribution in [0, 0.1) is 17.8 Å². The van der Waals surface area contributed by atoms with Gasteiger partial charge in [0.15, 0.2) is 0 Å². The molecule has 1 aromatic rings. The van der Waals surface area contributed by atoms with Gasteiger partial charge in [-0.1, -0.05) is 62.8 Å². The highest BCUT2D eigenvalue weighted by atomic mass is 32.2. The molecule has 0 spiro atoms. The Balaban J connectivity index is 2.09. The van der Waals surface area contributed by atoms with E-state index in [1.54, 1.807) is 36.6 Å². The summed E-state index contributed by atoms with van der Waals surface area (Å²) in [6.45, 7) is 12.1. The Labute approximate surface area is 297 Å². The summed E-state index contributed by atoms with van der Waals surface area (Å²) in [5.41, 5.74) is 0.480. The van der Waals surface area contributed by atoms with Crippen LogP contribution in [-0.2, 0) is 24.9 Å². The van der Waals surface area contributed by atoms with Crippen molar-refractivity contribution in [1.82, 2.24) is 20.9 Å². The molecule has 1 saturated heterocycles. The van der Waals surface area contributed by atoms with Crippen LogP contribution in [0.4, 0.5) is 4.79 Å². The summed E-state index contributed by atoms with van der Waals surface area (Å²) in [4.78, 5) is 54.2. The fourth-order valence-electron chi connectivity index (χ4n) is 5.68. The molecule has 0 aromatic heterocycles. The van der Waals surface area contributed by atoms with E-state index in [1.807, 2.05) is 57.2 Å². The zero-order valence-electron chi connectivity index (χ0n) is 30.3. The van der Waals surface area contributed by atoms with Crippen LogP contribution >= 0.6 is 11.8 Å². The Morgan fingerprint density at radius 1 is 1.08 bits per heavy atom. The van der Waals surface area contributed by atoms with E-state index in [-0.39, 0.29) is 30.8 Å². The van der Waals surface area contributed by atoms with Crippen molar-refractivity contribution >= 4 is 35.6 Å². The van der Waals surface area contributed by atoms with E-state index in [9.17, 15) is 24.3 Å². The van der Waals surface area contributed by atoms with Crippen LogP contribution in [0.25, 0.3) is 0 Å². The molecule has 0 aliphatic carbocycles. The van der Waals surface area contributed by atoms with E-state index in [0.717, 1.165) is 18.4 Å². The van der Waals surface area contributed by atoms with Gasteiger partial charge in [-0.15, -0.1) is 0 Å². The summed E-state index contributed by atoms with van der Waals surface area (Å²) in [6, 6.07) is 8.39. The first-order chi connectivity index (χ1) is 23.2. The summed E-state index contributed by atoms with van der Waals surface area (Å²) >= 11 is 1.58. The molecule has 276 valence electrons. The van der Waals surface area contributed by atoms with E-state index in [2.05, 4.69) is 22.9 Å². The van der Waals surface area contributed by atoms with Gasteiger partial charge < -0.3 is 35.8 Å². The molecular formula is C37H60N4O7S. The number of benzene rings is 1. The number of carbonyl (C=O) groups excluding carboxylic acids is 4. The molecular weight excluding hydrogens is 644 g/mol. The van der Waals surface area contributed by atoms with Gasteiger partial charge >= 0.3 is 6.09 Å². The highest BCUT2D eigenvalue weighted by Gasteiger charge is 2.38. The van der Waals surface area contributed by atoms with Crippen molar-refractivity contribution < 1.29 is 34.1 Å². The lowest BCUT2D eigenvalue weighted by molar-refractivity contribution is -0.133. The number of aliphatic hydroxyl groups is 2. The lowest BCUT2D eigenvalue weighted by Gasteiger charge is -2.38. The molecule has 0 saturated carbocycles. The standard InChI is InChI=1S/C37H60N4O7S/c1-7-8-19-38-33(44)26(2)22-32(43)31(25-49-24-28-15-11-9-12-16-28)40-34(45)27(3)39-35(46)30-18-20-41(36(47)48-37(4,5)6)23-29(30)17-13-10-14-21-42/h9-12,14-16,26-27,29-32,42-43H,7-8,13,17-25H2,1-6H3,(H,38,44)(H,39,46)(H,40,45)/b14-10+/t26-,27+,29-,30+,31+,32+/m1/s1. The predicted molar refractivity (Wildman–Crippen MR) is 195 cm³/mol. The lowest BCUT2D eigenvalue weighted by atomic mass is 9.81. The van der Waals surface area contributed by atoms with Gasteiger partial charge in [0.25, 0.3) is 0 Å². The smallest absolute Gasteiger partial charge is 0.410 e. The van der Waals surface area contributed by atoms with Crippen molar-refractivity contribution in [3.8, 4) is 0 Å². The minimum atomic E-state index is -0.976. The second-order valence-electron chi connectivity index (χ2n) is 14.0. The summed E-state index contributed by atoms with van der Waals surface area (Å²) < 4.78 is 5.57. The van der Waals surface area contributed by atoms with Gasteiger partial charge in [0.2, 0.25) is 17.7 Å². The van der Waals surface area contributed by atoms with Gasteiger partial charge in [0.05, 0.1) is 18.8 Å². The third-order valence-electron chi connectivity index (χ3n) is 8.52. The van der Waals surface area contributed by atoms with E-state index >= 15 is 0 Å². The van der Waals surface area contributed by atoms with Crippen LogP contribution in [0.2, 0.25) is 0 Å². The van der Waals surface area contributed by atoms with Crippen LogP contribution in [-0.4, -0.2) is 94.7 Å². The van der Waals surface area contributed by atoms with Crippen LogP contribution in [0.3, 0.4) is 0 Å². The Kier molecular flexibility index (Phi) is 18.8. The van der Waals surface area contributed by atoms with Crippen molar-refractivity contribution in [3.05, 3.63) is 48.0 Å². The maximum Gasteiger partial charge on any atom is 0.410 e. The number of piperidine rings is 1. The van der Waals surface area contributed by atoms with Gasteiger partial charge in [0.1, 0.15) is 11.6 Å². The average molecular weight is 705 g/mol. The molecule has 1 aliphatic rings. The molecule has 1 heterocycles. The van der Waals surface area contributed by atoms with Gasteiger partial charge in [0, 0.05) is 43.0 Å². The van der Waals surface area contributed by atoms with Crippen molar-refractivity contribution in [1.29, 1.82) is 0 Å². The maximum absolute atomic E-state index is 13.6. The molecule has 5 N–H and O–H groups in total. The fourth-order valence-corrected chi connectivity index (χ4v) is 6.79. The number of aliphatic hydroxyl groups excluding tert-OH is 2. The second-order valence-corrected chi connectivity index (χ2v) is 15.0. The van der Waals surface area contributed by atoms with Gasteiger partial charge in [-0.3, -0.25) is 14.4 Å². The molecule has 11 nitrogen and oxygen atoms in total. The predicted octanol–water partition coefficient (Wildman–Crippen LogP) is 4.41. The monoisotopic (exact) mass is 704 g/mol. The van der Waals surface area contributed by atoms with E-state index in [0.29, 0.717) is 50.4 Å². The third kappa shape index (κ3) is 16.0. The maximum atomic E-state index is 13.6. The van der Waals surface area contributed by atoms with Crippen molar-refractivity contribution in [3.63, 3.8) is 0 Å². The molecule has 0 unspecified atom stereocenters. The topological polar surface area (TPSA) is 157 Å². The van der Waals surface area contributed by atoms with E-state index < -0.39 is 47.6 Å². The first kappa shape index (κ1) is 42.1. The number of carbonyl (C=O) groups is 4. The Bertz CT molecular complexity index is 1190. The van der Waals surface area contributed by atoms with E-state index in [1.165, 1.54) is 0 Å². The Hall–Kier alpha value is -3.09. The van der Waals surface area contributed by atoms with Crippen LogP contribution in [0.15, 0.2) is 42.5 Å². The molecule has 0 radical (unpaired) electrons. The first-order valence-electron chi connectivity index (χ1n) is 17.7. The number of hydrogen-bond acceptors (Lipinski definition) is 8. The Morgan fingerprint density at radius 2 is 1.80 bits per heavy atom. The normalized spacial score (nSPS) is 19.1. The van der Waals surface area contributed by atoms with Crippen molar-refractivity contribution in [2.45, 2.75) is 110 Å². The highest BCUT2D eigenvalue weighted by Crippen LogP contribution is 2.29. The van der Waals surface area contributed by atoms with Crippen LogP contribution in [0.1, 0.15) is 85.6 Å². The van der Waals surface area contributed by atoms with E-state index in [4.69, 9.17) is 9.84 Å². The summed E-state index contributed by atoms with van der Waals surface area (Å²) in [5, 5.41) is 29.1. The first-order valence-corrected chi connectivity index (χ1v) is 18.8. The number of nitrogens with zero attached hydrogens (tertiary/aromatic N) is 1. The minimum Gasteiger partial charge on any atom is -0.444 e. The number of amides is 4. The molecule has 49 heavy (non-hydrogen) atoms. The number of hydrogen-bond donors (Lipinski definition) is 5. The second kappa shape index (κ2) is 21.9. The number of likely N-dealkylation sites (tertiary alicyclic amines) is 1. The zero-order valence-corrected chi connectivity index (χ0v) is 31.1. The molecule has 0 bridgehead atoms. The fraction of sp³-hybridized carbons (Fsp3) is 0.676. The third-order valence-corrected chi connectivity index (χ3v) is 9.66. The molecule has 1 aliphatic heterocycles. The molecule has 6 atom stereocenters. The van der Waals surface area contributed by atoms with Gasteiger partial charge in [-0.25, -0.2) is 4.79 Å². The number of nitrogens with one attached hydrogen (secondary N) is 3.